The van der Waals surface area contributed by atoms with Gasteiger partial charge in [-0.15, -0.1) is 34.9 Å². The smallest absolute Gasteiger partial charge is 0.155 e. The van der Waals surface area contributed by atoms with Gasteiger partial charge in [0, 0.05) is 37.0 Å². The molecule has 42 heavy (non-hydrogen) atoms. The number of pyridine rings is 1. The van der Waals surface area contributed by atoms with E-state index in [1.165, 1.54) is 69.8 Å². The van der Waals surface area contributed by atoms with Gasteiger partial charge in [0.15, 0.2) is 5.78 Å². The number of ketones is 1. The first-order chi connectivity index (χ1) is 19.4. The van der Waals surface area contributed by atoms with Crippen LogP contribution in [0.3, 0.4) is 0 Å². The van der Waals surface area contributed by atoms with Crippen LogP contribution in [0.1, 0.15) is 55.5 Å². The number of aromatic nitrogens is 1. The quantitative estimate of drug-likeness (QED) is 0.114. The molecule has 0 bridgehead atoms. The first kappa shape index (κ1) is 31.1. The second-order valence-corrected chi connectivity index (χ2v) is 11.7. The van der Waals surface area contributed by atoms with Crippen molar-refractivity contribution in [1.29, 1.82) is 0 Å². The topological polar surface area (TPSA) is 50.2 Å². The van der Waals surface area contributed by atoms with Gasteiger partial charge in [-0.05, 0) is 72.0 Å². The summed E-state index contributed by atoms with van der Waals surface area (Å²) >= 11 is 0. The van der Waals surface area contributed by atoms with Crippen molar-refractivity contribution >= 4 is 16.7 Å². The molecule has 215 valence electrons. The Balaban J connectivity index is 0.000000454. The first-order valence-corrected chi connectivity index (χ1v) is 14.0. The molecule has 1 radical (unpaired) electrons. The van der Waals surface area contributed by atoms with E-state index in [4.69, 9.17) is 10.1 Å². The van der Waals surface area contributed by atoms with E-state index in [2.05, 4.69) is 120 Å². The zero-order valence-corrected chi connectivity index (χ0v) is 27.6. The van der Waals surface area contributed by atoms with Gasteiger partial charge in [0.1, 0.15) is 0 Å². The van der Waals surface area contributed by atoms with Crippen LogP contribution < -0.4 is 0 Å². The van der Waals surface area contributed by atoms with Crippen LogP contribution >= 0.6 is 0 Å². The summed E-state index contributed by atoms with van der Waals surface area (Å²) < 4.78 is 0. The zero-order valence-electron chi connectivity index (χ0n) is 25.2. The average molecular weight is 731 g/mol. The van der Waals surface area contributed by atoms with Crippen LogP contribution in [0.25, 0.3) is 44.4 Å². The van der Waals surface area contributed by atoms with Gasteiger partial charge in [0.25, 0.3) is 0 Å². The second-order valence-electron chi connectivity index (χ2n) is 11.7. The van der Waals surface area contributed by atoms with Crippen molar-refractivity contribution in [2.75, 3.05) is 0 Å². The fourth-order valence-corrected chi connectivity index (χ4v) is 5.94. The molecule has 0 saturated heterocycles. The van der Waals surface area contributed by atoms with Crippen LogP contribution in [0.2, 0.25) is 0 Å². The minimum absolute atomic E-state index is 0. The third-order valence-electron chi connectivity index (χ3n) is 7.68. The molecule has 1 N–H and O–H groups in total. The van der Waals surface area contributed by atoms with Crippen LogP contribution in [-0.2, 0) is 30.3 Å². The molecule has 5 aromatic rings. The number of fused-ring (bicyclic) bond motifs is 4. The van der Waals surface area contributed by atoms with Gasteiger partial charge in [-0.3, -0.25) is 9.78 Å². The van der Waals surface area contributed by atoms with Crippen LogP contribution in [0, 0.1) is 26.8 Å². The Bertz CT molecular complexity index is 1820. The number of aliphatic hydroxyl groups excluding tert-OH is 1. The molecule has 3 nitrogen and oxygen atoms in total. The summed E-state index contributed by atoms with van der Waals surface area (Å²) in [6, 6.07) is 32.4. The zero-order chi connectivity index (χ0) is 29.5. The maximum atomic E-state index is 10.0. The molecule has 0 atom stereocenters. The minimum atomic E-state index is -0.125. The number of aliphatic hydroxyl groups is 1. The Morgan fingerprint density at radius 2 is 1.55 bits per heavy atom. The number of allylic oxidation sites excluding steroid dienone is 2. The number of benzene rings is 4. The van der Waals surface area contributed by atoms with E-state index in [1.807, 2.05) is 0 Å². The number of carbonyl (C=O) groups excluding carboxylic acids is 1. The van der Waals surface area contributed by atoms with E-state index in [-0.39, 0.29) is 37.1 Å². The number of nitrogens with zero attached hydrogens (tertiary/aromatic N) is 1. The van der Waals surface area contributed by atoms with Gasteiger partial charge in [-0.1, -0.05) is 87.9 Å². The predicted octanol–water partition coefficient (Wildman–Crippen LogP) is 9.64. The van der Waals surface area contributed by atoms with Gasteiger partial charge < -0.3 is 5.11 Å². The normalized spacial score (nSPS) is 13.0. The SMILES string of the molecule is CC(=O)/C=C(/C)O.Cc1[c-]c(-c2cc(-c3cccc(C)c3)c3cc4c(cc3n2)C(C)(C)c2ccccc2-4)cc(C)c1.[Ir]. The summed E-state index contributed by atoms with van der Waals surface area (Å²) in [5.41, 5.74) is 14.5. The summed E-state index contributed by atoms with van der Waals surface area (Å²) in [6.45, 7) is 13.9. The van der Waals surface area contributed by atoms with Gasteiger partial charge in [0.2, 0.25) is 0 Å². The van der Waals surface area contributed by atoms with E-state index in [1.54, 1.807) is 0 Å². The summed E-state index contributed by atoms with van der Waals surface area (Å²) in [4.78, 5) is 15.2. The first-order valence-electron chi connectivity index (χ1n) is 14.0. The molecule has 0 fully saturated rings. The molecule has 0 aliphatic heterocycles. The summed E-state index contributed by atoms with van der Waals surface area (Å²) in [6.07, 6.45) is 1.17. The second kappa shape index (κ2) is 12.2. The predicted molar refractivity (Wildman–Crippen MR) is 170 cm³/mol. The van der Waals surface area contributed by atoms with E-state index in [0.717, 1.165) is 22.3 Å². The Hall–Kier alpha value is -3.85. The maximum absolute atomic E-state index is 10.0. The number of carbonyl (C=O) groups is 1. The van der Waals surface area contributed by atoms with Crippen LogP contribution in [0.5, 0.6) is 0 Å². The Labute approximate surface area is 262 Å². The third kappa shape index (κ3) is 6.16. The van der Waals surface area contributed by atoms with Gasteiger partial charge >= 0.3 is 0 Å². The molecule has 0 unspecified atom stereocenters. The molecule has 1 aromatic heterocycles. The van der Waals surface area contributed by atoms with E-state index < -0.39 is 0 Å². The standard InChI is InChI=1S/C33H28N.C5H8O2.Ir/c1-20-9-8-10-23(14-20)26-18-31(24-15-21(2)13-22(3)16-24)34-32-19-30-27(17-28(26)32)25-11-6-7-12-29(25)33(30,4)5;1-4(6)3-5(2)7;/h6-15,17-19H,1-5H3;3,6H,1-2H3;/q-1;;/b;4-3-;. The molecule has 1 aliphatic carbocycles. The fourth-order valence-electron chi connectivity index (χ4n) is 5.94. The third-order valence-corrected chi connectivity index (χ3v) is 7.68. The Kier molecular flexibility index (Phi) is 9.01. The molecular weight excluding hydrogens is 695 g/mol. The largest absolute Gasteiger partial charge is 0.512 e. The molecule has 0 saturated carbocycles. The van der Waals surface area contributed by atoms with E-state index >= 15 is 0 Å². The average Bonchev–Trinajstić information content (AvgIpc) is 3.12. The van der Waals surface area contributed by atoms with Crippen molar-refractivity contribution in [3.8, 4) is 33.5 Å². The molecule has 6 rings (SSSR count). The Morgan fingerprint density at radius 1 is 0.810 bits per heavy atom. The number of rotatable bonds is 3. The van der Waals surface area contributed by atoms with Crippen LogP contribution in [0.4, 0.5) is 0 Å². The molecule has 0 amide bonds. The fraction of sp³-hybridized carbons (Fsp3) is 0.211. The minimum Gasteiger partial charge on any atom is -0.512 e. The van der Waals surface area contributed by atoms with Crippen molar-refractivity contribution in [3.63, 3.8) is 0 Å². The molecular formula is C38H36IrNO2-. The maximum Gasteiger partial charge on any atom is 0.155 e. The number of hydrogen-bond donors (Lipinski definition) is 1. The van der Waals surface area contributed by atoms with E-state index in [9.17, 15) is 4.79 Å². The van der Waals surface area contributed by atoms with Crippen LogP contribution in [-0.4, -0.2) is 15.9 Å². The summed E-state index contributed by atoms with van der Waals surface area (Å²) in [5.74, 6) is -0.0625. The monoisotopic (exact) mass is 731 g/mol. The van der Waals surface area contributed by atoms with Crippen molar-refractivity contribution < 1.29 is 30.0 Å². The van der Waals surface area contributed by atoms with Gasteiger partial charge in [-0.2, -0.15) is 0 Å². The number of hydrogen-bond acceptors (Lipinski definition) is 3. The molecule has 1 heterocycles. The molecule has 4 heteroatoms. The van der Waals surface area contributed by atoms with Crippen molar-refractivity contribution in [3.05, 3.63) is 125 Å². The summed E-state index contributed by atoms with van der Waals surface area (Å²) in [7, 11) is 0. The molecule has 0 spiro atoms. The molecule has 4 aromatic carbocycles. The van der Waals surface area contributed by atoms with Gasteiger partial charge in [-0.25, -0.2) is 0 Å². The molecule has 1 aliphatic rings. The van der Waals surface area contributed by atoms with Crippen LogP contribution in [0.15, 0.2) is 90.7 Å². The van der Waals surface area contributed by atoms with E-state index in [0.29, 0.717) is 0 Å². The Morgan fingerprint density at radius 3 is 2.19 bits per heavy atom. The van der Waals surface area contributed by atoms with Crippen molar-refractivity contribution in [2.45, 2.75) is 53.9 Å². The van der Waals surface area contributed by atoms with Crippen molar-refractivity contribution in [2.24, 2.45) is 0 Å². The summed E-state index contributed by atoms with van der Waals surface area (Å²) in [5, 5.41) is 9.56. The number of aryl methyl sites for hydroxylation is 3. The van der Waals surface area contributed by atoms with Gasteiger partial charge in [0.05, 0.1) is 11.3 Å². The van der Waals surface area contributed by atoms with Crippen molar-refractivity contribution in [1.82, 2.24) is 4.98 Å².